The van der Waals surface area contributed by atoms with Crippen molar-refractivity contribution in [3.8, 4) is 0 Å². The van der Waals surface area contributed by atoms with Crippen molar-refractivity contribution in [1.29, 1.82) is 0 Å². The molecule has 8 heteroatoms. The minimum absolute atomic E-state index is 0. The van der Waals surface area contributed by atoms with E-state index in [1.165, 1.54) is 0 Å². The average Bonchev–Trinajstić information content (AvgIpc) is 2.49. The predicted molar refractivity (Wildman–Crippen MR) is 111 cm³/mol. The Kier molecular flexibility index (Phi) is 10.8. The molecule has 2 amide bonds. The van der Waals surface area contributed by atoms with E-state index in [0.717, 1.165) is 36.9 Å². The van der Waals surface area contributed by atoms with Gasteiger partial charge in [0.15, 0.2) is 0 Å². The fourth-order valence-electron chi connectivity index (χ4n) is 3.02. The third-order valence-electron chi connectivity index (χ3n) is 4.32. The molecule has 6 nitrogen and oxygen atoms in total. The van der Waals surface area contributed by atoms with Gasteiger partial charge in [-0.1, -0.05) is 12.5 Å². The molecular weight excluding hydrogens is 375 g/mol. The Morgan fingerprint density at radius 2 is 1.88 bits per heavy atom. The van der Waals surface area contributed by atoms with Gasteiger partial charge in [0.25, 0.3) is 0 Å². The molecule has 0 bridgehead atoms. The standard InChI is InChI=1S/C18H28N4O2.2ClH/c1-12-7-8-15(10-16(12)21-17(23)11-22(2)3)20-18(24)13-5-4-6-14(19)9-13;;/h7-8,10,13-14H,4-6,9,11,19H2,1-3H3,(H,20,24)(H,21,23);2*1H/t13-,14+;;/m1../s1. The van der Waals surface area contributed by atoms with Gasteiger partial charge in [0.2, 0.25) is 11.8 Å². The van der Waals surface area contributed by atoms with Crippen LogP contribution in [0.15, 0.2) is 18.2 Å². The van der Waals surface area contributed by atoms with E-state index in [2.05, 4.69) is 10.6 Å². The molecule has 1 fully saturated rings. The first-order valence-corrected chi connectivity index (χ1v) is 8.47. The number of nitrogens with two attached hydrogens (primary N) is 1. The highest BCUT2D eigenvalue weighted by Gasteiger charge is 2.25. The molecule has 2 rings (SSSR count). The van der Waals surface area contributed by atoms with Crippen LogP contribution in [-0.4, -0.2) is 43.4 Å². The van der Waals surface area contributed by atoms with Crippen molar-refractivity contribution >= 4 is 48.0 Å². The Labute approximate surface area is 168 Å². The molecule has 1 aliphatic carbocycles. The number of rotatable bonds is 5. The number of hydrogen-bond acceptors (Lipinski definition) is 4. The van der Waals surface area contributed by atoms with Crippen LogP contribution in [0.4, 0.5) is 11.4 Å². The van der Waals surface area contributed by atoms with E-state index in [1.54, 1.807) is 0 Å². The average molecular weight is 405 g/mol. The summed E-state index contributed by atoms with van der Waals surface area (Å²) in [6, 6.07) is 5.68. The fraction of sp³-hybridized carbons (Fsp3) is 0.556. The Hall–Kier alpha value is -1.34. The van der Waals surface area contributed by atoms with Crippen LogP contribution < -0.4 is 16.4 Å². The summed E-state index contributed by atoms with van der Waals surface area (Å²) in [4.78, 5) is 26.2. The minimum Gasteiger partial charge on any atom is -0.328 e. The lowest BCUT2D eigenvalue weighted by atomic mass is 9.85. The molecule has 0 radical (unpaired) electrons. The molecule has 1 aromatic carbocycles. The SMILES string of the molecule is Cc1ccc(NC(=O)[C@@H]2CCC[C@H](N)C2)cc1NC(=O)CN(C)C.Cl.Cl. The predicted octanol–water partition coefficient (Wildman–Crippen LogP) is 2.79. The largest absolute Gasteiger partial charge is 0.328 e. The van der Waals surface area contributed by atoms with Crippen molar-refractivity contribution in [2.24, 2.45) is 11.7 Å². The number of carbonyl (C=O) groups is 2. The number of nitrogens with zero attached hydrogens (tertiary/aromatic N) is 1. The van der Waals surface area contributed by atoms with E-state index in [1.807, 2.05) is 44.1 Å². The molecule has 1 aliphatic rings. The van der Waals surface area contributed by atoms with E-state index in [-0.39, 0.29) is 48.6 Å². The monoisotopic (exact) mass is 404 g/mol. The maximum absolute atomic E-state index is 12.4. The molecule has 2 atom stereocenters. The number of amides is 2. The van der Waals surface area contributed by atoms with Crippen molar-refractivity contribution in [3.05, 3.63) is 23.8 Å². The molecule has 148 valence electrons. The summed E-state index contributed by atoms with van der Waals surface area (Å²) < 4.78 is 0. The second kappa shape index (κ2) is 11.4. The van der Waals surface area contributed by atoms with Gasteiger partial charge >= 0.3 is 0 Å². The summed E-state index contributed by atoms with van der Waals surface area (Å²) in [6.45, 7) is 2.24. The quantitative estimate of drug-likeness (QED) is 0.703. The summed E-state index contributed by atoms with van der Waals surface area (Å²) in [6.07, 6.45) is 3.62. The second-order valence-electron chi connectivity index (χ2n) is 6.93. The first kappa shape index (κ1) is 24.7. The fourth-order valence-corrected chi connectivity index (χ4v) is 3.02. The van der Waals surface area contributed by atoms with Gasteiger partial charge in [-0.25, -0.2) is 0 Å². The first-order chi connectivity index (χ1) is 11.3. The van der Waals surface area contributed by atoms with Crippen molar-refractivity contribution in [1.82, 2.24) is 4.90 Å². The second-order valence-corrected chi connectivity index (χ2v) is 6.93. The zero-order chi connectivity index (χ0) is 17.7. The van der Waals surface area contributed by atoms with Gasteiger partial charge in [0.1, 0.15) is 0 Å². The van der Waals surface area contributed by atoms with Crippen molar-refractivity contribution in [3.63, 3.8) is 0 Å². The maximum atomic E-state index is 12.4. The molecular formula is C18H30Cl2N4O2. The molecule has 26 heavy (non-hydrogen) atoms. The number of halogens is 2. The molecule has 0 aromatic heterocycles. The van der Waals surface area contributed by atoms with Gasteiger partial charge in [-0.2, -0.15) is 0 Å². The van der Waals surface area contributed by atoms with Crippen molar-refractivity contribution in [2.45, 2.75) is 38.6 Å². The maximum Gasteiger partial charge on any atom is 0.238 e. The number of likely N-dealkylation sites (N-methyl/N-ethyl adjacent to an activating group) is 1. The number of aryl methyl sites for hydroxylation is 1. The number of carbonyl (C=O) groups excluding carboxylic acids is 2. The van der Waals surface area contributed by atoms with E-state index < -0.39 is 0 Å². The Balaban J connectivity index is 0.00000312. The van der Waals surface area contributed by atoms with Crippen molar-refractivity contribution < 1.29 is 9.59 Å². The van der Waals surface area contributed by atoms with Crippen molar-refractivity contribution in [2.75, 3.05) is 31.3 Å². The molecule has 0 saturated heterocycles. The molecule has 4 N–H and O–H groups in total. The highest BCUT2D eigenvalue weighted by Crippen LogP contribution is 2.26. The number of nitrogens with one attached hydrogen (secondary N) is 2. The van der Waals surface area contributed by atoms with Gasteiger partial charge in [-0.05, 0) is 58.0 Å². The molecule has 1 saturated carbocycles. The Morgan fingerprint density at radius 3 is 2.50 bits per heavy atom. The van der Waals surface area contributed by atoms with Crippen LogP contribution in [0.25, 0.3) is 0 Å². The van der Waals surface area contributed by atoms with Crippen LogP contribution in [0.1, 0.15) is 31.2 Å². The number of hydrogen-bond donors (Lipinski definition) is 3. The van der Waals surface area contributed by atoms with E-state index in [4.69, 9.17) is 5.73 Å². The third kappa shape index (κ3) is 7.50. The van der Waals surface area contributed by atoms with Crippen LogP contribution in [0.5, 0.6) is 0 Å². The molecule has 0 heterocycles. The Morgan fingerprint density at radius 1 is 1.19 bits per heavy atom. The normalized spacial score (nSPS) is 19.1. The highest BCUT2D eigenvalue weighted by molar-refractivity contribution is 5.96. The van der Waals surface area contributed by atoms with Crippen LogP contribution in [-0.2, 0) is 9.59 Å². The van der Waals surface area contributed by atoms with Gasteiger partial charge in [0.05, 0.1) is 6.54 Å². The zero-order valence-corrected chi connectivity index (χ0v) is 17.2. The minimum atomic E-state index is -0.0789. The summed E-state index contributed by atoms with van der Waals surface area (Å²) in [7, 11) is 3.69. The van der Waals surface area contributed by atoms with Gasteiger partial charge in [0, 0.05) is 23.3 Å². The van der Waals surface area contributed by atoms with Gasteiger partial charge in [-0.3, -0.25) is 9.59 Å². The number of benzene rings is 1. The molecule has 0 unspecified atom stereocenters. The third-order valence-corrected chi connectivity index (χ3v) is 4.32. The topological polar surface area (TPSA) is 87.5 Å². The van der Waals surface area contributed by atoms with E-state index in [9.17, 15) is 9.59 Å². The summed E-state index contributed by atoms with van der Waals surface area (Å²) in [5, 5.41) is 5.85. The van der Waals surface area contributed by atoms with Crippen LogP contribution in [0.3, 0.4) is 0 Å². The lowest BCUT2D eigenvalue weighted by molar-refractivity contribution is -0.121. The van der Waals surface area contributed by atoms with Crippen LogP contribution in [0, 0.1) is 12.8 Å². The van der Waals surface area contributed by atoms with Crippen LogP contribution in [0.2, 0.25) is 0 Å². The first-order valence-electron chi connectivity index (χ1n) is 8.47. The smallest absolute Gasteiger partial charge is 0.238 e. The number of anilines is 2. The molecule has 0 spiro atoms. The zero-order valence-electron chi connectivity index (χ0n) is 15.6. The van der Waals surface area contributed by atoms with E-state index in [0.29, 0.717) is 12.2 Å². The summed E-state index contributed by atoms with van der Waals surface area (Å²) in [5.41, 5.74) is 8.34. The lowest BCUT2D eigenvalue weighted by Gasteiger charge is -2.25. The lowest BCUT2D eigenvalue weighted by Crippen LogP contribution is -2.34. The van der Waals surface area contributed by atoms with Gasteiger partial charge in [-0.15, -0.1) is 24.8 Å². The molecule has 0 aliphatic heterocycles. The molecule has 1 aromatic rings. The van der Waals surface area contributed by atoms with E-state index >= 15 is 0 Å². The Bertz CT molecular complexity index is 611. The van der Waals surface area contributed by atoms with Crippen LogP contribution >= 0.6 is 24.8 Å². The summed E-state index contributed by atoms with van der Waals surface area (Å²) in [5.74, 6) is -0.0914. The van der Waals surface area contributed by atoms with Gasteiger partial charge < -0.3 is 21.3 Å². The highest BCUT2D eigenvalue weighted by atomic mass is 35.5. The summed E-state index contributed by atoms with van der Waals surface area (Å²) >= 11 is 0.